The number of sulfonamides is 2. The fourth-order valence-electron chi connectivity index (χ4n) is 2.55. The van der Waals surface area contributed by atoms with Crippen LogP contribution in [0.2, 0.25) is 0 Å². The van der Waals surface area contributed by atoms with Crippen LogP contribution in [0.15, 0.2) is 88.7 Å². The highest BCUT2D eigenvalue weighted by Crippen LogP contribution is 2.24. The molecule has 0 saturated carbocycles. The lowest BCUT2D eigenvalue weighted by atomic mass is 10.1. The first-order valence-electron chi connectivity index (χ1n) is 8.34. The van der Waals surface area contributed by atoms with E-state index in [0.717, 1.165) is 12.1 Å². The van der Waals surface area contributed by atoms with E-state index in [9.17, 15) is 21.6 Å². The first-order chi connectivity index (χ1) is 13.6. The zero-order chi connectivity index (χ0) is 21.2. The molecule has 0 fully saturated rings. The van der Waals surface area contributed by atoms with Crippen molar-refractivity contribution in [1.29, 1.82) is 0 Å². The van der Waals surface area contributed by atoms with Crippen LogP contribution in [0.25, 0.3) is 10.8 Å². The normalized spacial score (nSPS) is 11.9. The number of rotatable bonds is 6. The summed E-state index contributed by atoms with van der Waals surface area (Å²) in [5.74, 6) is -0.550. The Labute approximate surface area is 168 Å². The molecule has 3 rings (SSSR count). The number of hydrogen-bond donors (Lipinski definition) is 1. The zero-order valence-electron chi connectivity index (χ0n) is 15.3. The number of ether oxygens (including phenoxy) is 1. The molecule has 0 heterocycles. The second-order valence-corrected chi connectivity index (χ2v) is 9.80. The van der Waals surface area contributed by atoms with Crippen molar-refractivity contribution in [2.75, 3.05) is 0 Å². The topological polar surface area (TPSA) is 107 Å². The summed E-state index contributed by atoms with van der Waals surface area (Å²) in [6.45, 7) is 4.93. The Bertz CT molecular complexity index is 1310. The maximum atomic E-state index is 12.8. The lowest BCUT2D eigenvalue weighted by Crippen LogP contribution is -2.30. The Morgan fingerprint density at radius 1 is 0.862 bits per heavy atom. The molecular formula is C20H17NO6S2. The van der Waals surface area contributed by atoms with Crippen LogP contribution < -0.4 is 8.86 Å². The maximum Gasteiger partial charge on any atom is 0.338 e. The van der Waals surface area contributed by atoms with Gasteiger partial charge in [-0.3, -0.25) is 0 Å². The largest absolute Gasteiger partial charge is 0.423 e. The predicted octanol–water partition coefficient (Wildman–Crippen LogP) is 2.99. The van der Waals surface area contributed by atoms with Gasteiger partial charge in [0, 0.05) is 11.0 Å². The molecule has 0 unspecified atom stereocenters. The molecule has 29 heavy (non-hydrogen) atoms. The van der Waals surface area contributed by atoms with E-state index in [1.165, 1.54) is 31.2 Å². The lowest BCUT2D eigenvalue weighted by molar-refractivity contribution is -0.130. The highest BCUT2D eigenvalue weighted by atomic mass is 32.3. The molecule has 0 amide bonds. The van der Waals surface area contributed by atoms with Crippen LogP contribution in [-0.2, 0) is 24.8 Å². The van der Waals surface area contributed by atoms with Gasteiger partial charge in [0.1, 0.15) is 5.75 Å². The molecule has 3 aromatic rings. The van der Waals surface area contributed by atoms with Crippen LogP contribution in [0, 0.1) is 0 Å². The van der Waals surface area contributed by atoms with E-state index < -0.39 is 26.0 Å². The van der Waals surface area contributed by atoms with Gasteiger partial charge in [0.2, 0.25) is 0 Å². The van der Waals surface area contributed by atoms with Crippen molar-refractivity contribution in [3.05, 3.63) is 78.9 Å². The standard InChI is InChI=1S/C20H17NO6S2/c1-14(2)20(22)27-16-10-12-17(13-11-16)28(23,24)21-29(25,26)19-9-5-7-15-6-3-4-8-18(15)19/h3-13,21H,1H2,2H3. The third-order valence-corrected chi connectivity index (χ3v) is 7.53. The van der Waals surface area contributed by atoms with E-state index in [-0.39, 0.29) is 21.1 Å². The molecule has 0 aliphatic carbocycles. The van der Waals surface area contributed by atoms with Crippen molar-refractivity contribution in [1.82, 2.24) is 4.13 Å². The van der Waals surface area contributed by atoms with Crippen LogP contribution >= 0.6 is 0 Å². The molecule has 0 aliphatic heterocycles. The third kappa shape index (κ3) is 4.53. The van der Waals surface area contributed by atoms with Gasteiger partial charge >= 0.3 is 5.97 Å². The summed E-state index contributed by atoms with van der Waals surface area (Å²) in [7, 11) is -8.76. The molecule has 0 spiro atoms. The smallest absolute Gasteiger partial charge is 0.338 e. The van der Waals surface area contributed by atoms with Gasteiger partial charge in [0.05, 0.1) is 9.79 Å². The van der Waals surface area contributed by atoms with Crippen molar-refractivity contribution >= 4 is 36.8 Å². The number of fused-ring (bicyclic) bond motifs is 1. The first kappa shape index (κ1) is 20.7. The monoisotopic (exact) mass is 431 g/mol. The van der Waals surface area contributed by atoms with Crippen molar-refractivity contribution in [3.8, 4) is 5.75 Å². The van der Waals surface area contributed by atoms with Crippen molar-refractivity contribution in [3.63, 3.8) is 0 Å². The summed E-state index contributed by atoms with van der Waals surface area (Å²) in [6.07, 6.45) is 0. The van der Waals surface area contributed by atoms with Gasteiger partial charge in [-0.15, -0.1) is 4.13 Å². The molecule has 0 radical (unpaired) electrons. The van der Waals surface area contributed by atoms with E-state index >= 15 is 0 Å². The Kier molecular flexibility index (Phi) is 5.56. The van der Waals surface area contributed by atoms with Gasteiger partial charge in [0.15, 0.2) is 0 Å². The second kappa shape index (κ2) is 7.78. The van der Waals surface area contributed by atoms with Crippen LogP contribution in [-0.4, -0.2) is 22.8 Å². The highest BCUT2D eigenvalue weighted by Gasteiger charge is 2.26. The molecule has 7 nitrogen and oxygen atoms in total. The number of hydrogen-bond acceptors (Lipinski definition) is 6. The van der Waals surface area contributed by atoms with E-state index in [1.54, 1.807) is 34.5 Å². The minimum Gasteiger partial charge on any atom is -0.423 e. The average Bonchev–Trinajstić information content (AvgIpc) is 2.67. The number of carbonyl (C=O) groups excluding carboxylic acids is 1. The molecule has 0 aliphatic rings. The van der Waals surface area contributed by atoms with Gasteiger partial charge in [-0.05, 0) is 42.6 Å². The summed E-state index contributed by atoms with van der Waals surface area (Å²) >= 11 is 0. The summed E-state index contributed by atoms with van der Waals surface area (Å²) < 4.78 is 57.4. The maximum absolute atomic E-state index is 12.8. The lowest BCUT2D eigenvalue weighted by Gasteiger charge is -2.11. The van der Waals surface area contributed by atoms with Crippen molar-refractivity contribution in [2.24, 2.45) is 0 Å². The first-order valence-corrected chi connectivity index (χ1v) is 11.3. The third-order valence-electron chi connectivity index (χ3n) is 3.95. The van der Waals surface area contributed by atoms with Crippen LogP contribution in [0.3, 0.4) is 0 Å². The van der Waals surface area contributed by atoms with Gasteiger partial charge in [-0.1, -0.05) is 43.0 Å². The predicted molar refractivity (Wildman–Crippen MR) is 108 cm³/mol. The fraction of sp³-hybridized carbons (Fsp3) is 0.0500. The van der Waals surface area contributed by atoms with Crippen molar-refractivity contribution in [2.45, 2.75) is 16.7 Å². The number of benzene rings is 3. The number of esters is 1. The van der Waals surface area contributed by atoms with E-state index in [4.69, 9.17) is 4.74 Å². The Morgan fingerprint density at radius 3 is 2.14 bits per heavy atom. The van der Waals surface area contributed by atoms with Crippen molar-refractivity contribution < 1.29 is 26.4 Å². The second-order valence-electron chi connectivity index (χ2n) is 6.21. The molecule has 3 aromatic carbocycles. The zero-order valence-corrected chi connectivity index (χ0v) is 17.0. The Morgan fingerprint density at radius 2 is 1.48 bits per heavy atom. The minimum atomic E-state index is -4.39. The minimum absolute atomic E-state index is 0.105. The highest BCUT2D eigenvalue weighted by molar-refractivity contribution is 8.04. The van der Waals surface area contributed by atoms with Crippen LogP contribution in [0.1, 0.15) is 6.92 Å². The summed E-state index contributed by atoms with van der Waals surface area (Å²) in [5, 5.41) is 1.07. The number of nitrogens with one attached hydrogen (secondary N) is 1. The molecule has 0 atom stereocenters. The SMILES string of the molecule is C=C(C)C(=O)Oc1ccc(S(=O)(=O)NS(=O)(=O)c2cccc3ccccc23)cc1. The van der Waals surface area contributed by atoms with Crippen LogP contribution in [0.4, 0.5) is 0 Å². The quantitative estimate of drug-likeness (QED) is 0.365. The van der Waals surface area contributed by atoms with Gasteiger partial charge in [0.25, 0.3) is 20.0 Å². The molecule has 1 N–H and O–H groups in total. The molecule has 150 valence electrons. The number of carbonyl (C=O) groups is 1. The molecule has 0 saturated heterocycles. The molecule has 9 heteroatoms. The van der Waals surface area contributed by atoms with Crippen LogP contribution in [0.5, 0.6) is 5.75 Å². The van der Waals surface area contributed by atoms with Gasteiger partial charge in [-0.25, -0.2) is 21.6 Å². The fourth-order valence-corrected chi connectivity index (χ4v) is 5.68. The van der Waals surface area contributed by atoms with E-state index in [2.05, 4.69) is 6.58 Å². The van der Waals surface area contributed by atoms with Gasteiger partial charge < -0.3 is 4.74 Å². The summed E-state index contributed by atoms with van der Waals surface area (Å²) in [4.78, 5) is 11.1. The van der Waals surface area contributed by atoms with E-state index in [0.29, 0.717) is 10.8 Å². The Hall–Kier alpha value is -3.01. The molecule has 0 bridgehead atoms. The van der Waals surface area contributed by atoms with Gasteiger partial charge in [-0.2, -0.15) is 0 Å². The summed E-state index contributed by atoms with van der Waals surface area (Å²) in [5.41, 5.74) is 0.185. The Balaban J connectivity index is 1.90. The average molecular weight is 431 g/mol. The summed E-state index contributed by atoms with van der Waals surface area (Å²) in [6, 6.07) is 16.1. The molecule has 0 aromatic heterocycles. The van der Waals surface area contributed by atoms with E-state index in [1.807, 2.05) is 0 Å². The molecular weight excluding hydrogens is 414 g/mol.